The highest BCUT2D eigenvalue weighted by Gasteiger charge is 2.32. The van der Waals surface area contributed by atoms with E-state index in [4.69, 9.17) is 5.73 Å². The van der Waals surface area contributed by atoms with Gasteiger partial charge in [-0.15, -0.1) is 5.10 Å². The summed E-state index contributed by atoms with van der Waals surface area (Å²) in [6.45, 7) is 0.177. The second-order valence-corrected chi connectivity index (χ2v) is 7.33. The van der Waals surface area contributed by atoms with Gasteiger partial charge in [0.2, 0.25) is 5.88 Å². The SMILES string of the molecule is Cc1cc(Br)cc(C(N)=O)c1NC(=O)c1cc(OCC(F)(F)F)nn1C1CC1. The minimum absolute atomic E-state index is 0.0393. The number of nitrogens with zero attached hydrogens (tertiary/aromatic N) is 2. The van der Waals surface area contributed by atoms with E-state index in [0.717, 1.165) is 18.9 Å². The van der Waals surface area contributed by atoms with Gasteiger partial charge in [-0.05, 0) is 37.5 Å². The predicted octanol–water partition coefficient (Wildman–Crippen LogP) is 3.58. The minimum atomic E-state index is -4.52. The van der Waals surface area contributed by atoms with Gasteiger partial charge in [-0.1, -0.05) is 15.9 Å². The molecule has 0 spiro atoms. The number of primary amides is 1. The molecule has 0 atom stereocenters. The molecular formula is C17H16BrF3N4O3. The Hall–Kier alpha value is -2.56. The van der Waals surface area contributed by atoms with Gasteiger partial charge in [0, 0.05) is 10.5 Å². The zero-order valence-corrected chi connectivity index (χ0v) is 16.2. The molecule has 0 bridgehead atoms. The summed E-state index contributed by atoms with van der Waals surface area (Å²) >= 11 is 3.26. The number of amides is 2. The van der Waals surface area contributed by atoms with Crippen molar-refractivity contribution in [2.45, 2.75) is 32.0 Å². The largest absolute Gasteiger partial charge is 0.467 e. The summed E-state index contributed by atoms with van der Waals surface area (Å²) in [6.07, 6.45) is -3.01. The van der Waals surface area contributed by atoms with Crippen molar-refractivity contribution in [3.05, 3.63) is 39.5 Å². The number of halogens is 4. The van der Waals surface area contributed by atoms with E-state index in [2.05, 4.69) is 31.1 Å². The highest BCUT2D eigenvalue weighted by Crippen LogP contribution is 2.37. The fourth-order valence-corrected chi connectivity index (χ4v) is 3.22. The Bertz CT molecular complexity index is 938. The molecule has 0 unspecified atom stereocenters. The van der Waals surface area contributed by atoms with E-state index in [0.29, 0.717) is 10.0 Å². The van der Waals surface area contributed by atoms with Crippen LogP contribution in [0.1, 0.15) is 45.3 Å². The molecule has 1 aromatic heterocycles. The zero-order valence-electron chi connectivity index (χ0n) is 14.6. The molecule has 0 saturated heterocycles. The number of carbonyl (C=O) groups excluding carboxylic acids is 2. The maximum absolute atomic E-state index is 12.8. The average molecular weight is 461 g/mol. The van der Waals surface area contributed by atoms with E-state index >= 15 is 0 Å². The van der Waals surface area contributed by atoms with E-state index in [-0.39, 0.29) is 28.9 Å². The van der Waals surface area contributed by atoms with Crippen LogP contribution in [-0.2, 0) is 0 Å². The molecule has 1 aliphatic carbocycles. The molecule has 2 aromatic rings. The average Bonchev–Trinajstić information content (AvgIpc) is 3.33. The van der Waals surface area contributed by atoms with Crippen LogP contribution in [0.3, 0.4) is 0 Å². The topological polar surface area (TPSA) is 99.2 Å². The van der Waals surface area contributed by atoms with Gasteiger partial charge in [0.25, 0.3) is 11.8 Å². The van der Waals surface area contributed by atoms with Crippen LogP contribution in [0.5, 0.6) is 5.88 Å². The van der Waals surface area contributed by atoms with Gasteiger partial charge in [-0.25, -0.2) is 0 Å². The van der Waals surface area contributed by atoms with E-state index in [9.17, 15) is 22.8 Å². The van der Waals surface area contributed by atoms with Gasteiger partial charge >= 0.3 is 6.18 Å². The van der Waals surface area contributed by atoms with Crippen LogP contribution in [0.4, 0.5) is 18.9 Å². The van der Waals surface area contributed by atoms with Gasteiger partial charge in [0.05, 0.1) is 17.3 Å². The summed E-state index contributed by atoms with van der Waals surface area (Å²) in [4.78, 5) is 24.5. The van der Waals surface area contributed by atoms with E-state index in [1.54, 1.807) is 13.0 Å². The summed E-state index contributed by atoms with van der Waals surface area (Å²) in [7, 11) is 0. The number of aromatic nitrogens is 2. The van der Waals surface area contributed by atoms with Crippen molar-refractivity contribution in [1.29, 1.82) is 0 Å². The Labute approximate surface area is 166 Å². The molecule has 1 aliphatic rings. The maximum Gasteiger partial charge on any atom is 0.422 e. The van der Waals surface area contributed by atoms with Gasteiger partial charge < -0.3 is 15.8 Å². The Morgan fingerprint density at radius 1 is 1.36 bits per heavy atom. The molecule has 3 rings (SSSR count). The molecule has 1 fully saturated rings. The third-order valence-electron chi connectivity index (χ3n) is 4.03. The van der Waals surface area contributed by atoms with Crippen LogP contribution in [0.25, 0.3) is 0 Å². The maximum atomic E-state index is 12.8. The van der Waals surface area contributed by atoms with E-state index in [1.165, 1.54) is 10.7 Å². The lowest BCUT2D eigenvalue weighted by Crippen LogP contribution is -2.21. The monoisotopic (exact) mass is 460 g/mol. The number of rotatable bonds is 6. The molecule has 1 heterocycles. The fourth-order valence-electron chi connectivity index (χ4n) is 2.65. The molecule has 0 aliphatic heterocycles. The third-order valence-corrected chi connectivity index (χ3v) is 4.48. The number of ether oxygens (including phenoxy) is 1. The second kappa shape index (κ2) is 7.46. The molecule has 1 aromatic carbocycles. The van der Waals surface area contributed by atoms with Gasteiger partial charge in [0.15, 0.2) is 6.61 Å². The van der Waals surface area contributed by atoms with Crippen molar-refractivity contribution in [2.24, 2.45) is 5.73 Å². The Morgan fingerprint density at radius 3 is 2.61 bits per heavy atom. The van der Waals surface area contributed by atoms with Crippen LogP contribution in [0.15, 0.2) is 22.7 Å². The van der Waals surface area contributed by atoms with Crippen LogP contribution in [-0.4, -0.2) is 34.4 Å². The molecule has 150 valence electrons. The molecule has 1 saturated carbocycles. The summed E-state index contributed by atoms with van der Waals surface area (Å²) in [6, 6.07) is 4.24. The quantitative estimate of drug-likeness (QED) is 0.687. The fraction of sp³-hybridized carbons (Fsp3) is 0.353. The number of nitrogens with one attached hydrogen (secondary N) is 1. The number of nitrogens with two attached hydrogens (primary N) is 1. The molecule has 28 heavy (non-hydrogen) atoms. The molecule has 2 amide bonds. The number of carbonyl (C=O) groups is 2. The Morgan fingerprint density at radius 2 is 2.04 bits per heavy atom. The van der Waals surface area contributed by atoms with Crippen molar-refractivity contribution in [1.82, 2.24) is 9.78 Å². The zero-order chi connectivity index (χ0) is 20.6. The third kappa shape index (κ3) is 4.64. The van der Waals surface area contributed by atoms with E-state index < -0.39 is 24.6 Å². The normalized spacial score (nSPS) is 14.0. The Kier molecular flexibility index (Phi) is 5.37. The smallest absolute Gasteiger partial charge is 0.422 e. The number of hydrogen-bond acceptors (Lipinski definition) is 4. The van der Waals surface area contributed by atoms with Gasteiger partial charge in [-0.3, -0.25) is 14.3 Å². The number of aryl methyl sites for hydroxylation is 1. The lowest BCUT2D eigenvalue weighted by molar-refractivity contribution is -0.154. The first-order chi connectivity index (χ1) is 13.0. The van der Waals surface area contributed by atoms with Crippen molar-refractivity contribution in [3.63, 3.8) is 0 Å². The summed E-state index contributed by atoms with van der Waals surface area (Å²) in [5.74, 6) is -1.66. The van der Waals surface area contributed by atoms with Gasteiger partial charge in [-0.2, -0.15) is 13.2 Å². The summed E-state index contributed by atoms with van der Waals surface area (Å²) in [5.41, 5.74) is 6.34. The predicted molar refractivity (Wildman–Crippen MR) is 97.4 cm³/mol. The number of alkyl halides is 3. The highest BCUT2D eigenvalue weighted by atomic mass is 79.9. The van der Waals surface area contributed by atoms with Crippen molar-refractivity contribution in [3.8, 4) is 5.88 Å². The summed E-state index contributed by atoms with van der Waals surface area (Å²) < 4.78 is 43.7. The first-order valence-electron chi connectivity index (χ1n) is 8.25. The van der Waals surface area contributed by atoms with Crippen molar-refractivity contribution >= 4 is 33.4 Å². The summed E-state index contributed by atoms with van der Waals surface area (Å²) in [5, 5.41) is 6.58. The number of hydrogen-bond donors (Lipinski definition) is 2. The van der Waals surface area contributed by atoms with Crippen molar-refractivity contribution < 1.29 is 27.5 Å². The van der Waals surface area contributed by atoms with Crippen LogP contribution >= 0.6 is 15.9 Å². The molecular weight excluding hydrogens is 445 g/mol. The van der Waals surface area contributed by atoms with Crippen LogP contribution in [0.2, 0.25) is 0 Å². The van der Waals surface area contributed by atoms with Crippen LogP contribution in [0, 0.1) is 6.92 Å². The lowest BCUT2D eigenvalue weighted by atomic mass is 10.1. The molecule has 3 N–H and O–H groups in total. The molecule has 0 radical (unpaired) electrons. The highest BCUT2D eigenvalue weighted by molar-refractivity contribution is 9.10. The van der Waals surface area contributed by atoms with Crippen molar-refractivity contribution in [2.75, 3.05) is 11.9 Å². The molecule has 7 nitrogen and oxygen atoms in total. The standard InChI is InChI=1S/C17H16BrF3N4O3/c1-8-4-9(18)5-11(15(22)26)14(8)23-16(27)12-6-13(28-7-17(19,20)21)24-25(12)10-2-3-10/h4-6,10H,2-3,7H2,1H3,(H2,22,26)(H,23,27). The minimum Gasteiger partial charge on any atom is -0.467 e. The Balaban J connectivity index is 1.89. The van der Waals surface area contributed by atoms with E-state index in [1.807, 2.05) is 0 Å². The van der Waals surface area contributed by atoms with Gasteiger partial charge in [0.1, 0.15) is 5.69 Å². The lowest BCUT2D eigenvalue weighted by Gasteiger charge is -2.13. The van der Waals surface area contributed by atoms with Crippen LogP contribution < -0.4 is 15.8 Å². The second-order valence-electron chi connectivity index (χ2n) is 6.41. The molecule has 11 heteroatoms. The first-order valence-corrected chi connectivity index (χ1v) is 9.05. The first kappa shape index (κ1) is 20.2. The number of benzene rings is 1. The number of anilines is 1.